The quantitative estimate of drug-likeness (QED) is 0.661. The lowest BCUT2D eigenvalue weighted by Crippen LogP contribution is -2.44. The lowest BCUT2D eigenvalue weighted by Gasteiger charge is -2.11. The first kappa shape index (κ1) is 15.1. The van der Waals surface area contributed by atoms with Crippen molar-refractivity contribution in [3.8, 4) is 17.4 Å². The van der Waals surface area contributed by atoms with E-state index in [9.17, 15) is 14.9 Å². The highest BCUT2D eigenvalue weighted by Gasteiger charge is 2.46. The number of nitrogens with zero attached hydrogens (tertiary/aromatic N) is 5. The fourth-order valence-electron chi connectivity index (χ4n) is 2.70. The first-order valence-electron chi connectivity index (χ1n) is 7.73. The second-order valence-corrected chi connectivity index (χ2v) is 5.97. The summed E-state index contributed by atoms with van der Waals surface area (Å²) >= 11 is 0. The highest BCUT2D eigenvalue weighted by atomic mass is 16.5. The van der Waals surface area contributed by atoms with Gasteiger partial charge in [0, 0.05) is 36.4 Å². The Balaban J connectivity index is 1.63. The first-order chi connectivity index (χ1) is 12.1. The van der Waals surface area contributed by atoms with Crippen LogP contribution in [0.1, 0.15) is 18.5 Å². The summed E-state index contributed by atoms with van der Waals surface area (Å²) < 4.78 is 7.76. The molecular weight excluding hydrogens is 322 g/mol. The van der Waals surface area contributed by atoms with Crippen LogP contribution in [-0.4, -0.2) is 19.3 Å². The van der Waals surface area contributed by atoms with Crippen molar-refractivity contribution in [1.29, 1.82) is 5.26 Å². The van der Waals surface area contributed by atoms with Crippen LogP contribution in [0.4, 0.5) is 0 Å². The van der Waals surface area contributed by atoms with Crippen molar-refractivity contribution in [3.63, 3.8) is 0 Å². The topological polar surface area (TPSA) is 107 Å². The average molecular weight is 335 g/mol. The van der Waals surface area contributed by atoms with Crippen LogP contribution in [-0.2, 0) is 12.1 Å². The van der Waals surface area contributed by atoms with Gasteiger partial charge in [0.2, 0.25) is 0 Å². The minimum atomic E-state index is -0.850. The molecule has 1 fully saturated rings. The molecule has 0 aliphatic heterocycles. The maximum Gasteiger partial charge on any atom is 0.317 e. The Kier molecular flexibility index (Phi) is 3.35. The van der Waals surface area contributed by atoms with Crippen LogP contribution in [0, 0.1) is 11.3 Å². The molecule has 0 bridgehead atoms. The van der Waals surface area contributed by atoms with Crippen LogP contribution < -0.4 is 11.1 Å². The predicted molar refractivity (Wildman–Crippen MR) is 86.6 cm³/mol. The zero-order chi connectivity index (χ0) is 17.4. The van der Waals surface area contributed by atoms with E-state index in [1.54, 1.807) is 24.5 Å². The molecule has 3 heterocycles. The van der Waals surface area contributed by atoms with E-state index in [1.165, 1.54) is 21.5 Å². The van der Waals surface area contributed by atoms with Crippen LogP contribution >= 0.6 is 0 Å². The molecular formula is C17H13N5O3. The molecule has 25 heavy (non-hydrogen) atoms. The van der Waals surface area contributed by atoms with E-state index < -0.39 is 16.7 Å². The monoisotopic (exact) mass is 335 g/mol. The van der Waals surface area contributed by atoms with Crippen LogP contribution in [0.2, 0.25) is 0 Å². The Labute approximate surface area is 141 Å². The Hall–Kier alpha value is -3.47. The summed E-state index contributed by atoms with van der Waals surface area (Å²) in [5, 5.41) is 13.1. The summed E-state index contributed by atoms with van der Waals surface area (Å²) in [6, 6.07) is 7.43. The molecule has 0 radical (unpaired) electrons. The molecule has 0 saturated heterocycles. The number of nitriles is 1. The lowest BCUT2D eigenvalue weighted by molar-refractivity contribution is 0.420. The summed E-state index contributed by atoms with van der Waals surface area (Å²) in [4.78, 5) is 28.6. The second kappa shape index (κ2) is 5.56. The molecule has 8 nitrogen and oxygen atoms in total. The first-order valence-corrected chi connectivity index (χ1v) is 7.73. The van der Waals surface area contributed by atoms with Gasteiger partial charge in [-0.15, -0.1) is 0 Å². The summed E-state index contributed by atoms with van der Waals surface area (Å²) in [7, 11) is 0. The molecule has 0 aromatic carbocycles. The van der Waals surface area contributed by atoms with Gasteiger partial charge in [0.05, 0.1) is 12.6 Å². The van der Waals surface area contributed by atoms with Gasteiger partial charge in [0.1, 0.15) is 11.2 Å². The Morgan fingerprint density at radius 2 is 2.12 bits per heavy atom. The molecule has 1 saturated carbocycles. The standard InChI is InChI=1S/C17H13N5O3/c18-11-17(3-4-17)22-7-6-21(15(23)16(22)24)10-13-8-14(25-20-13)12-2-1-5-19-9-12/h1-2,5-9H,3-4,10H2. The van der Waals surface area contributed by atoms with Crippen molar-refractivity contribution in [1.82, 2.24) is 19.3 Å². The maximum absolute atomic E-state index is 12.3. The van der Waals surface area contributed by atoms with E-state index in [0.717, 1.165) is 5.56 Å². The van der Waals surface area contributed by atoms with Gasteiger partial charge in [0.15, 0.2) is 5.76 Å². The number of pyridine rings is 1. The SMILES string of the molecule is N#CC1(n2ccn(Cc3cc(-c4cccnc4)on3)c(=O)c2=O)CC1. The fraction of sp³-hybridized carbons (Fsp3) is 0.235. The number of aromatic nitrogens is 4. The highest BCUT2D eigenvalue weighted by molar-refractivity contribution is 5.55. The molecule has 1 aliphatic rings. The van der Waals surface area contributed by atoms with Gasteiger partial charge in [0.25, 0.3) is 0 Å². The fourth-order valence-corrected chi connectivity index (χ4v) is 2.70. The number of hydrogen-bond acceptors (Lipinski definition) is 6. The van der Waals surface area contributed by atoms with E-state index in [0.29, 0.717) is 24.3 Å². The maximum atomic E-state index is 12.3. The summed E-state index contributed by atoms with van der Waals surface area (Å²) in [5.41, 5.74) is -0.947. The molecule has 0 unspecified atom stereocenters. The summed E-state index contributed by atoms with van der Waals surface area (Å²) in [5.74, 6) is 0.533. The van der Waals surface area contributed by atoms with Gasteiger partial charge >= 0.3 is 11.1 Å². The third kappa shape index (κ3) is 2.55. The molecule has 1 aliphatic carbocycles. The van der Waals surface area contributed by atoms with Crippen LogP contribution in [0.3, 0.4) is 0 Å². The van der Waals surface area contributed by atoms with E-state index >= 15 is 0 Å². The minimum Gasteiger partial charge on any atom is -0.356 e. The van der Waals surface area contributed by atoms with Gasteiger partial charge in [-0.3, -0.25) is 19.1 Å². The van der Waals surface area contributed by atoms with E-state index in [-0.39, 0.29) is 6.54 Å². The largest absolute Gasteiger partial charge is 0.356 e. The molecule has 124 valence electrons. The van der Waals surface area contributed by atoms with Gasteiger partial charge < -0.3 is 9.09 Å². The van der Waals surface area contributed by atoms with E-state index in [2.05, 4.69) is 16.2 Å². The van der Waals surface area contributed by atoms with Crippen molar-refractivity contribution >= 4 is 0 Å². The van der Waals surface area contributed by atoms with Crippen molar-refractivity contribution in [2.45, 2.75) is 24.9 Å². The third-order valence-electron chi connectivity index (χ3n) is 4.29. The molecule has 8 heteroatoms. The van der Waals surface area contributed by atoms with Crippen molar-refractivity contribution in [2.24, 2.45) is 0 Å². The molecule has 3 aromatic rings. The Morgan fingerprint density at radius 1 is 1.28 bits per heavy atom. The zero-order valence-electron chi connectivity index (χ0n) is 13.1. The van der Waals surface area contributed by atoms with Gasteiger partial charge in [-0.25, -0.2) is 0 Å². The van der Waals surface area contributed by atoms with Crippen molar-refractivity contribution < 1.29 is 4.52 Å². The average Bonchev–Trinajstić information content (AvgIpc) is 3.30. The normalized spacial score (nSPS) is 14.8. The van der Waals surface area contributed by atoms with Crippen LogP contribution in [0.5, 0.6) is 0 Å². The highest BCUT2D eigenvalue weighted by Crippen LogP contribution is 2.41. The molecule has 0 atom stereocenters. The van der Waals surface area contributed by atoms with Crippen molar-refractivity contribution in [2.75, 3.05) is 0 Å². The molecule has 3 aromatic heterocycles. The van der Waals surface area contributed by atoms with Crippen LogP contribution in [0.25, 0.3) is 11.3 Å². The van der Waals surface area contributed by atoms with E-state index in [4.69, 9.17) is 4.52 Å². The van der Waals surface area contributed by atoms with Gasteiger partial charge in [-0.1, -0.05) is 5.16 Å². The predicted octanol–water partition coefficient (Wildman–Crippen LogP) is 1.12. The third-order valence-corrected chi connectivity index (χ3v) is 4.29. The molecule has 0 spiro atoms. The zero-order valence-corrected chi connectivity index (χ0v) is 13.1. The molecule has 0 N–H and O–H groups in total. The Bertz CT molecular complexity index is 1080. The second-order valence-electron chi connectivity index (χ2n) is 5.97. The van der Waals surface area contributed by atoms with E-state index in [1.807, 2.05) is 6.07 Å². The number of hydrogen-bond donors (Lipinski definition) is 0. The summed E-state index contributed by atoms with van der Waals surface area (Å²) in [6.07, 6.45) is 7.47. The van der Waals surface area contributed by atoms with Gasteiger partial charge in [-0.2, -0.15) is 5.26 Å². The van der Waals surface area contributed by atoms with Gasteiger partial charge in [-0.05, 0) is 25.0 Å². The molecule has 0 amide bonds. The van der Waals surface area contributed by atoms with Crippen LogP contribution in [0.15, 0.2) is 57.1 Å². The summed E-state index contributed by atoms with van der Waals surface area (Å²) in [6.45, 7) is 0.109. The smallest absolute Gasteiger partial charge is 0.317 e. The lowest BCUT2D eigenvalue weighted by atomic mass is 10.2. The molecule has 4 rings (SSSR count). The number of rotatable bonds is 4. The Morgan fingerprint density at radius 3 is 2.80 bits per heavy atom. The minimum absolute atomic E-state index is 0.109. The van der Waals surface area contributed by atoms with Crippen molar-refractivity contribution in [3.05, 3.63) is 69.4 Å².